The number of halogens is 2. The molecule has 0 unspecified atom stereocenters. The molecule has 0 aromatic heterocycles. The third-order valence-electron chi connectivity index (χ3n) is 2.32. The van der Waals surface area contributed by atoms with E-state index in [0.717, 1.165) is 10.2 Å². The number of hydrogen-bond acceptors (Lipinski definition) is 4. The molecule has 0 bridgehead atoms. The summed E-state index contributed by atoms with van der Waals surface area (Å²) in [6.07, 6.45) is 1.51. The maximum Gasteiger partial charge on any atom is 0.138 e. The minimum absolute atomic E-state index is 0.124. The van der Waals surface area contributed by atoms with Crippen molar-refractivity contribution in [1.29, 1.82) is 0 Å². The average Bonchev–Trinajstić information content (AvgIpc) is 2.37. The molecule has 0 saturated heterocycles. The number of rotatable bonds is 3. The Morgan fingerprint density at radius 2 is 1.74 bits per heavy atom. The molecule has 0 spiro atoms. The van der Waals surface area contributed by atoms with Gasteiger partial charge in [-0.1, -0.05) is 15.9 Å². The minimum Gasteiger partial charge on any atom is -0.508 e. The predicted octanol–water partition coefficient (Wildman–Crippen LogP) is 4.07. The van der Waals surface area contributed by atoms with Crippen molar-refractivity contribution in [1.82, 2.24) is 0 Å². The summed E-state index contributed by atoms with van der Waals surface area (Å²) in [5.41, 5.74) is 4.12. The number of nitrogens with one attached hydrogen (secondary N) is 1. The quantitative estimate of drug-likeness (QED) is 0.424. The summed E-state index contributed by atoms with van der Waals surface area (Å²) >= 11 is 6.59. The van der Waals surface area contributed by atoms with Gasteiger partial charge in [0.15, 0.2) is 0 Å². The molecule has 0 saturated carbocycles. The van der Waals surface area contributed by atoms with E-state index in [1.54, 1.807) is 36.4 Å². The molecule has 0 aliphatic heterocycles. The summed E-state index contributed by atoms with van der Waals surface area (Å²) in [6, 6.07) is 10.0. The minimum atomic E-state index is 0.124. The van der Waals surface area contributed by atoms with Crippen molar-refractivity contribution in [3.63, 3.8) is 0 Å². The summed E-state index contributed by atoms with van der Waals surface area (Å²) in [7, 11) is 0. The highest BCUT2D eigenvalue weighted by molar-refractivity contribution is 9.11. The van der Waals surface area contributed by atoms with Crippen molar-refractivity contribution < 1.29 is 10.2 Å². The fraction of sp³-hybridized carbons (Fsp3) is 0. The van der Waals surface area contributed by atoms with E-state index in [1.807, 2.05) is 0 Å². The number of aromatic hydroxyl groups is 2. The van der Waals surface area contributed by atoms with Gasteiger partial charge < -0.3 is 10.2 Å². The first-order valence-electron chi connectivity index (χ1n) is 5.32. The van der Waals surface area contributed by atoms with Crippen LogP contribution in [0.15, 0.2) is 50.4 Å². The molecule has 6 heteroatoms. The van der Waals surface area contributed by atoms with Gasteiger partial charge in [-0.2, -0.15) is 5.10 Å². The van der Waals surface area contributed by atoms with E-state index < -0.39 is 0 Å². The summed E-state index contributed by atoms with van der Waals surface area (Å²) < 4.78 is 1.43. The Balaban J connectivity index is 2.13. The Labute approximate surface area is 127 Å². The molecule has 19 heavy (non-hydrogen) atoms. The SMILES string of the molecule is Oc1ccc(N/N=C/c2cc(Br)cc(Br)c2O)cc1. The van der Waals surface area contributed by atoms with Gasteiger partial charge in [-0.05, 0) is 52.3 Å². The maximum atomic E-state index is 9.84. The third-order valence-corrected chi connectivity index (χ3v) is 3.38. The molecule has 0 radical (unpaired) electrons. The van der Waals surface area contributed by atoms with E-state index in [4.69, 9.17) is 5.11 Å². The third kappa shape index (κ3) is 3.71. The molecule has 0 amide bonds. The molecule has 3 N–H and O–H groups in total. The topological polar surface area (TPSA) is 64.8 Å². The number of nitrogens with zero attached hydrogens (tertiary/aromatic N) is 1. The van der Waals surface area contributed by atoms with Crippen molar-refractivity contribution in [3.8, 4) is 11.5 Å². The second-order valence-electron chi connectivity index (χ2n) is 3.74. The van der Waals surface area contributed by atoms with E-state index in [1.165, 1.54) is 6.21 Å². The van der Waals surface area contributed by atoms with Crippen LogP contribution in [0.3, 0.4) is 0 Å². The molecular formula is C13H10Br2N2O2. The van der Waals surface area contributed by atoms with Crippen LogP contribution in [0.4, 0.5) is 5.69 Å². The summed E-state index contributed by atoms with van der Waals surface area (Å²) in [4.78, 5) is 0. The smallest absolute Gasteiger partial charge is 0.138 e. The van der Waals surface area contributed by atoms with Crippen LogP contribution < -0.4 is 5.43 Å². The lowest BCUT2D eigenvalue weighted by Gasteiger charge is -2.03. The molecule has 4 nitrogen and oxygen atoms in total. The maximum absolute atomic E-state index is 9.84. The molecule has 0 atom stereocenters. The Morgan fingerprint density at radius 3 is 2.42 bits per heavy atom. The lowest BCUT2D eigenvalue weighted by Crippen LogP contribution is -1.91. The normalized spacial score (nSPS) is 10.8. The van der Waals surface area contributed by atoms with Crippen LogP contribution in [-0.4, -0.2) is 16.4 Å². The molecule has 0 heterocycles. The lowest BCUT2D eigenvalue weighted by atomic mass is 10.2. The van der Waals surface area contributed by atoms with Crippen LogP contribution >= 0.6 is 31.9 Å². The largest absolute Gasteiger partial charge is 0.508 e. The second-order valence-corrected chi connectivity index (χ2v) is 5.51. The van der Waals surface area contributed by atoms with Gasteiger partial charge in [0.25, 0.3) is 0 Å². The molecular weight excluding hydrogens is 376 g/mol. The molecule has 0 aliphatic carbocycles. The summed E-state index contributed by atoms with van der Waals surface area (Å²) in [5.74, 6) is 0.322. The highest BCUT2D eigenvalue weighted by atomic mass is 79.9. The first kappa shape index (κ1) is 13.9. The summed E-state index contributed by atoms with van der Waals surface area (Å²) in [6.45, 7) is 0. The Kier molecular flexibility index (Phi) is 4.44. The number of phenolic OH excluding ortho intramolecular Hbond substituents is 2. The van der Waals surface area contributed by atoms with Gasteiger partial charge in [0, 0.05) is 10.0 Å². The first-order valence-corrected chi connectivity index (χ1v) is 6.91. The molecule has 0 aliphatic rings. The van der Waals surface area contributed by atoms with Gasteiger partial charge in [-0.25, -0.2) is 0 Å². The van der Waals surface area contributed by atoms with Crippen molar-refractivity contribution in [2.45, 2.75) is 0 Å². The standard InChI is InChI=1S/C13H10Br2N2O2/c14-9-5-8(13(19)12(15)6-9)7-16-17-10-1-3-11(18)4-2-10/h1-7,17-19H/b16-7+. The van der Waals surface area contributed by atoms with Gasteiger partial charge in [0.1, 0.15) is 11.5 Å². The van der Waals surface area contributed by atoms with Crippen LogP contribution in [0.5, 0.6) is 11.5 Å². The van der Waals surface area contributed by atoms with E-state index in [0.29, 0.717) is 10.0 Å². The van der Waals surface area contributed by atoms with E-state index >= 15 is 0 Å². The molecule has 2 aromatic carbocycles. The van der Waals surface area contributed by atoms with E-state index in [-0.39, 0.29) is 11.5 Å². The molecule has 2 aromatic rings. The van der Waals surface area contributed by atoms with Gasteiger partial charge in [-0.15, -0.1) is 0 Å². The number of anilines is 1. The molecule has 0 fully saturated rings. The number of hydrazone groups is 1. The summed E-state index contributed by atoms with van der Waals surface area (Å²) in [5, 5.41) is 23.0. The number of hydrogen-bond donors (Lipinski definition) is 3. The highest BCUT2D eigenvalue weighted by Crippen LogP contribution is 2.30. The van der Waals surface area contributed by atoms with E-state index in [2.05, 4.69) is 42.4 Å². The van der Waals surface area contributed by atoms with Crippen molar-refractivity contribution in [3.05, 3.63) is 50.9 Å². The Morgan fingerprint density at radius 1 is 1.05 bits per heavy atom. The monoisotopic (exact) mass is 384 g/mol. The Bertz CT molecular complexity index is 613. The van der Waals surface area contributed by atoms with Crippen molar-refractivity contribution >= 4 is 43.8 Å². The van der Waals surface area contributed by atoms with Gasteiger partial charge in [-0.3, -0.25) is 5.43 Å². The first-order chi connectivity index (χ1) is 9.06. The fourth-order valence-electron chi connectivity index (χ4n) is 1.40. The molecule has 2 rings (SSSR count). The van der Waals surface area contributed by atoms with Gasteiger partial charge in [0.05, 0.1) is 16.4 Å². The number of phenols is 2. The zero-order valence-electron chi connectivity index (χ0n) is 9.64. The van der Waals surface area contributed by atoms with Crippen LogP contribution in [-0.2, 0) is 0 Å². The zero-order valence-corrected chi connectivity index (χ0v) is 12.8. The average molecular weight is 386 g/mol. The Hall–Kier alpha value is -1.53. The van der Waals surface area contributed by atoms with Crippen LogP contribution in [0.1, 0.15) is 5.56 Å². The lowest BCUT2D eigenvalue weighted by molar-refractivity contribution is 0.471. The van der Waals surface area contributed by atoms with Crippen LogP contribution in [0, 0.1) is 0 Å². The highest BCUT2D eigenvalue weighted by Gasteiger charge is 2.05. The van der Waals surface area contributed by atoms with Crippen LogP contribution in [0.25, 0.3) is 0 Å². The number of benzene rings is 2. The van der Waals surface area contributed by atoms with E-state index in [9.17, 15) is 5.11 Å². The second kappa shape index (κ2) is 6.08. The molecule has 98 valence electrons. The van der Waals surface area contributed by atoms with Crippen LogP contribution in [0.2, 0.25) is 0 Å². The van der Waals surface area contributed by atoms with Crippen molar-refractivity contribution in [2.24, 2.45) is 5.10 Å². The van der Waals surface area contributed by atoms with Gasteiger partial charge >= 0.3 is 0 Å². The van der Waals surface area contributed by atoms with Crippen molar-refractivity contribution in [2.75, 3.05) is 5.43 Å². The van der Waals surface area contributed by atoms with Gasteiger partial charge in [0.2, 0.25) is 0 Å². The zero-order chi connectivity index (χ0) is 13.8. The predicted molar refractivity (Wildman–Crippen MR) is 82.8 cm³/mol. The fourth-order valence-corrected chi connectivity index (χ4v) is 2.65.